The van der Waals surface area contributed by atoms with Gasteiger partial charge in [-0.2, -0.15) is 11.8 Å². The zero-order valence-corrected chi connectivity index (χ0v) is 11.7. The Bertz CT molecular complexity index is 187. The Labute approximate surface area is 105 Å². The van der Waals surface area contributed by atoms with E-state index in [9.17, 15) is 5.11 Å². The maximum Gasteiger partial charge on any atom is 0.0693 e. The molecule has 1 saturated carbocycles. The van der Waals surface area contributed by atoms with E-state index in [1.807, 2.05) is 11.8 Å². The molecule has 0 aromatic rings. The van der Waals surface area contributed by atoms with Gasteiger partial charge in [-0.05, 0) is 31.4 Å². The molecule has 16 heavy (non-hydrogen) atoms. The molecule has 0 saturated heterocycles. The van der Waals surface area contributed by atoms with E-state index >= 15 is 0 Å². The quantitative estimate of drug-likeness (QED) is 0.754. The molecule has 0 aromatic heterocycles. The summed E-state index contributed by atoms with van der Waals surface area (Å²) in [6, 6.07) is 0.852. The van der Waals surface area contributed by atoms with Crippen LogP contribution in [0.15, 0.2) is 0 Å². The van der Waals surface area contributed by atoms with Crippen LogP contribution in [0.3, 0.4) is 0 Å². The highest BCUT2D eigenvalue weighted by molar-refractivity contribution is 7.99. The largest absolute Gasteiger partial charge is 0.392 e. The van der Waals surface area contributed by atoms with Crippen LogP contribution in [-0.2, 0) is 0 Å². The highest BCUT2D eigenvalue weighted by atomic mass is 32.2. The van der Waals surface area contributed by atoms with Crippen molar-refractivity contribution in [2.24, 2.45) is 5.92 Å². The first-order chi connectivity index (χ1) is 7.59. The molecule has 3 atom stereocenters. The maximum atomic E-state index is 9.86. The SMILES string of the molecule is CC(C)CSCC(C)NC1CCCCC1O. The minimum Gasteiger partial charge on any atom is -0.392 e. The number of hydrogen-bond donors (Lipinski definition) is 2. The lowest BCUT2D eigenvalue weighted by molar-refractivity contribution is 0.0873. The molecule has 0 amide bonds. The summed E-state index contributed by atoms with van der Waals surface area (Å²) in [5.74, 6) is 3.16. The molecule has 1 aliphatic carbocycles. The Morgan fingerprint density at radius 3 is 2.50 bits per heavy atom. The van der Waals surface area contributed by atoms with Crippen molar-refractivity contribution in [2.75, 3.05) is 11.5 Å². The molecule has 96 valence electrons. The van der Waals surface area contributed by atoms with Crippen molar-refractivity contribution < 1.29 is 5.11 Å². The van der Waals surface area contributed by atoms with E-state index in [0.717, 1.165) is 24.5 Å². The van der Waals surface area contributed by atoms with Crippen molar-refractivity contribution >= 4 is 11.8 Å². The molecule has 3 heteroatoms. The van der Waals surface area contributed by atoms with Gasteiger partial charge in [0.05, 0.1) is 6.10 Å². The fourth-order valence-electron chi connectivity index (χ4n) is 2.20. The van der Waals surface area contributed by atoms with Gasteiger partial charge in [-0.1, -0.05) is 26.7 Å². The lowest BCUT2D eigenvalue weighted by Gasteiger charge is -2.31. The van der Waals surface area contributed by atoms with Gasteiger partial charge in [-0.3, -0.25) is 0 Å². The van der Waals surface area contributed by atoms with Gasteiger partial charge in [0.2, 0.25) is 0 Å². The Balaban J connectivity index is 2.14. The summed E-state index contributed by atoms with van der Waals surface area (Å²) >= 11 is 2.02. The fraction of sp³-hybridized carbons (Fsp3) is 1.00. The van der Waals surface area contributed by atoms with Gasteiger partial charge in [-0.25, -0.2) is 0 Å². The van der Waals surface area contributed by atoms with Crippen LogP contribution in [0.2, 0.25) is 0 Å². The van der Waals surface area contributed by atoms with Crippen LogP contribution in [0.25, 0.3) is 0 Å². The predicted octanol–water partition coefficient (Wildman–Crippen LogP) is 2.66. The normalized spacial score (nSPS) is 28.3. The summed E-state index contributed by atoms with van der Waals surface area (Å²) in [5.41, 5.74) is 0. The van der Waals surface area contributed by atoms with E-state index in [1.165, 1.54) is 18.6 Å². The number of hydrogen-bond acceptors (Lipinski definition) is 3. The van der Waals surface area contributed by atoms with E-state index in [0.29, 0.717) is 12.1 Å². The second-order valence-electron chi connectivity index (χ2n) is 5.46. The zero-order valence-electron chi connectivity index (χ0n) is 10.9. The summed E-state index contributed by atoms with van der Waals surface area (Å²) in [7, 11) is 0. The molecule has 0 aromatic carbocycles. The molecule has 0 heterocycles. The van der Waals surface area contributed by atoms with Crippen molar-refractivity contribution in [3.63, 3.8) is 0 Å². The van der Waals surface area contributed by atoms with Crippen LogP contribution >= 0.6 is 11.8 Å². The first kappa shape index (κ1) is 14.3. The third-order valence-electron chi connectivity index (χ3n) is 3.05. The fourth-order valence-corrected chi connectivity index (χ4v) is 3.26. The van der Waals surface area contributed by atoms with Crippen LogP contribution < -0.4 is 5.32 Å². The number of thioether (sulfide) groups is 1. The van der Waals surface area contributed by atoms with Gasteiger partial charge in [-0.15, -0.1) is 0 Å². The summed E-state index contributed by atoms with van der Waals surface area (Å²) in [6.07, 6.45) is 4.45. The number of aliphatic hydroxyl groups excluding tert-OH is 1. The third kappa shape index (κ3) is 5.55. The molecule has 1 fully saturated rings. The number of aliphatic hydroxyl groups is 1. The van der Waals surface area contributed by atoms with Gasteiger partial charge in [0.15, 0.2) is 0 Å². The molecule has 0 radical (unpaired) electrons. The van der Waals surface area contributed by atoms with E-state index in [2.05, 4.69) is 26.1 Å². The minimum atomic E-state index is -0.119. The number of nitrogens with one attached hydrogen (secondary N) is 1. The molecule has 0 aliphatic heterocycles. The van der Waals surface area contributed by atoms with Crippen LogP contribution in [-0.4, -0.2) is 34.8 Å². The molecule has 3 unspecified atom stereocenters. The van der Waals surface area contributed by atoms with Gasteiger partial charge < -0.3 is 10.4 Å². The summed E-state index contributed by atoms with van der Waals surface area (Å²) in [5, 5.41) is 13.4. The van der Waals surface area contributed by atoms with Crippen molar-refractivity contribution in [1.29, 1.82) is 0 Å². The molecule has 2 N–H and O–H groups in total. The Kier molecular flexibility index (Phi) is 6.78. The topological polar surface area (TPSA) is 32.3 Å². The van der Waals surface area contributed by atoms with Gasteiger partial charge >= 0.3 is 0 Å². The highest BCUT2D eigenvalue weighted by Gasteiger charge is 2.23. The van der Waals surface area contributed by atoms with Gasteiger partial charge in [0, 0.05) is 17.8 Å². The Morgan fingerprint density at radius 1 is 1.19 bits per heavy atom. The van der Waals surface area contributed by atoms with E-state index in [1.54, 1.807) is 0 Å². The van der Waals surface area contributed by atoms with Crippen LogP contribution in [0, 0.1) is 5.92 Å². The zero-order chi connectivity index (χ0) is 12.0. The molecule has 0 bridgehead atoms. The standard InChI is InChI=1S/C13H27NOS/c1-10(2)8-16-9-11(3)14-12-6-4-5-7-13(12)15/h10-15H,4-9H2,1-3H3. The first-order valence-electron chi connectivity index (χ1n) is 6.61. The molecule has 1 aliphatic rings. The highest BCUT2D eigenvalue weighted by Crippen LogP contribution is 2.19. The average molecular weight is 245 g/mol. The molecule has 1 rings (SSSR count). The van der Waals surface area contributed by atoms with Crippen LogP contribution in [0.4, 0.5) is 0 Å². The molecular weight excluding hydrogens is 218 g/mol. The Hall–Kier alpha value is 0.270. The van der Waals surface area contributed by atoms with Crippen LogP contribution in [0.5, 0.6) is 0 Å². The van der Waals surface area contributed by atoms with Crippen LogP contribution in [0.1, 0.15) is 46.5 Å². The second kappa shape index (κ2) is 7.57. The number of rotatable bonds is 6. The van der Waals surface area contributed by atoms with Crippen molar-refractivity contribution in [1.82, 2.24) is 5.32 Å². The Morgan fingerprint density at radius 2 is 1.88 bits per heavy atom. The first-order valence-corrected chi connectivity index (χ1v) is 7.77. The van der Waals surface area contributed by atoms with Crippen molar-refractivity contribution in [2.45, 2.75) is 64.6 Å². The van der Waals surface area contributed by atoms with Crippen molar-refractivity contribution in [3.05, 3.63) is 0 Å². The summed E-state index contributed by atoms with van der Waals surface area (Å²) < 4.78 is 0. The van der Waals surface area contributed by atoms with Gasteiger partial charge in [0.25, 0.3) is 0 Å². The summed E-state index contributed by atoms with van der Waals surface area (Å²) in [4.78, 5) is 0. The smallest absolute Gasteiger partial charge is 0.0693 e. The average Bonchev–Trinajstić information content (AvgIpc) is 2.21. The second-order valence-corrected chi connectivity index (χ2v) is 6.53. The lowest BCUT2D eigenvalue weighted by Crippen LogP contribution is -2.46. The molecule has 0 spiro atoms. The molecule has 2 nitrogen and oxygen atoms in total. The monoisotopic (exact) mass is 245 g/mol. The van der Waals surface area contributed by atoms with E-state index in [4.69, 9.17) is 0 Å². The lowest BCUT2D eigenvalue weighted by atomic mass is 9.92. The maximum absolute atomic E-state index is 9.86. The summed E-state index contributed by atoms with van der Waals surface area (Å²) in [6.45, 7) is 6.75. The van der Waals surface area contributed by atoms with E-state index in [-0.39, 0.29) is 6.10 Å². The van der Waals surface area contributed by atoms with E-state index < -0.39 is 0 Å². The molecular formula is C13H27NOS. The minimum absolute atomic E-state index is 0.119. The van der Waals surface area contributed by atoms with Crippen molar-refractivity contribution in [3.8, 4) is 0 Å². The van der Waals surface area contributed by atoms with Gasteiger partial charge in [0.1, 0.15) is 0 Å². The third-order valence-corrected chi connectivity index (χ3v) is 4.69. The predicted molar refractivity (Wildman–Crippen MR) is 73.0 cm³/mol.